The fourth-order valence-corrected chi connectivity index (χ4v) is 4.67. The molecular weight excluding hydrogens is 336 g/mol. The van der Waals surface area contributed by atoms with Gasteiger partial charge in [-0.05, 0) is 52.4 Å². The van der Waals surface area contributed by atoms with Crippen LogP contribution >= 0.6 is 12.6 Å². The molecule has 0 heterocycles. The van der Waals surface area contributed by atoms with Crippen LogP contribution in [0.3, 0.4) is 0 Å². The Balaban J connectivity index is 0. The first-order chi connectivity index (χ1) is 10.9. The molecule has 3 atom stereocenters. The van der Waals surface area contributed by atoms with Gasteiger partial charge in [0.25, 0.3) is 0 Å². The third kappa shape index (κ3) is 11.9. The molecule has 24 heavy (non-hydrogen) atoms. The lowest BCUT2D eigenvalue weighted by molar-refractivity contribution is -0.906. The third-order valence-electron chi connectivity index (χ3n) is 4.43. The lowest BCUT2D eigenvalue weighted by Gasteiger charge is -2.33. The number of nitrogens with one attached hydrogen (secondary N) is 1. The predicted octanol–water partition coefficient (Wildman–Crippen LogP) is 5.00. The van der Waals surface area contributed by atoms with E-state index < -0.39 is 15.1 Å². The summed E-state index contributed by atoms with van der Waals surface area (Å²) in [6.45, 7) is 22.6. The molecule has 148 valence electrons. The Morgan fingerprint density at radius 2 is 1.58 bits per heavy atom. The number of hydrogen-bond donors (Lipinski definition) is 2. The SMILES string of the molecule is CC.CC[N+](C)(CC)CCCC(C)NS(=O)C(C)(S)CC(C)(C)C. The smallest absolute Gasteiger partial charge is 0.108 e. The van der Waals surface area contributed by atoms with Gasteiger partial charge in [0.1, 0.15) is 15.1 Å². The fraction of sp³-hybridized carbons (Fsp3) is 1.00. The van der Waals surface area contributed by atoms with Crippen LogP contribution in [0.25, 0.3) is 0 Å². The van der Waals surface area contributed by atoms with Crippen molar-refractivity contribution < 1.29 is 8.69 Å². The molecule has 0 aromatic rings. The minimum absolute atomic E-state index is 0.124. The molecule has 3 nitrogen and oxygen atoms in total. The predicted molar refractivity (Wildman–Crippen MR) is 115 cm³/mol. The fourth-order valence-electron chi connectivity index (χ4n) is 2.74. The van der Waals surface area contributed by atoms with E-state index in [9.17, 15) is 4.21 Å². The summed E-state index contributed by atoms with van der Waals surface area (Å²) >= 11 is 4.65. The quantitative estimate of drug-likeness (QED) is 0.404. The largest absolute Gasteiger partial charge is 0.327 e. The van der Waals surface area contributed by atoms with Crippen molar-refractivity contribution in [1.29, 1.82) is 0 Å². The standard InChI is InChI=1S/C17H38N2OS2.C2H6/c1-9-19(8,10-2)13-11-12-15(3)18-22(20)17(7,21)14-16(4,5)6;1-2/h15,18H,9-14H2,1-8H3;1-2H3/p+1. The Hall–Kier alpha value is 0.420. The van der Waals surface area contributed by atoms with E-state index in [1.54, 1.807) is 0 Å². The van der Waals surface area contributed by atoms with Gasteiger partial charge in [0.05, 0.1) is 26.7 Å². The molecule has 1 N–H and O–H groups in total. The first-order valence-corrected chi connectivity index (χ1v) is 11.2. The topological polar surface area (TPSA) is 29.1 Å². The van der Waals surface area contributed by atoms with Crippen molar-refractivity contribution in [3.8, 4) is 0 Å². The Labute approximate surface area is 160 Å². The zero-order valence-corrected chi connectivity index (χ0v) is 19.7. The van der Waals surface area contributed by atoms with E-state index in [4.69, 9.17) is 0 Å². The average molecular weight is 382 g/mol. The molecule has 5 heteroatoms. The van der Waals surface area contributed by atoms with Crippen LogP contribution in [-0.2, 0) is 11.0 Å². The van der Waals surface area contributed by atoms with Gasteiger partial charge in [-0.15, -0.1) is 0 Å². The maximum absolute atomic E-state index is 12.5. The normalized spacial score (nSPS) is 17.5. The highest BCUT2D eigenvalue weighted by Crippen LogP contribution is 2.33. The summed E-state index contributed by atoms with van der Waals surface area (Å²) in [6, 6.07) is 0.259. The molecule has 0 aliphatic heterocycles. The molecule has 0 radical (unpaired) electrons. The maximum Gasteiger partial charge on any atom is 0.108 e. The molecule has 0 saturated heterocycles. The molecule has 3 unspecified atom stereocenters. The minimum Gasteiger partial charge on any atom is -0.327 e. The summed E-state index contributed by atoms with van der Waals surface area (Å²) in [5.74, 6) is 0. The van der Waals surface area contributed by atoms with Crippen molar-refractivity contribution in [1.82, 2.24) is 4.72 Å². The average Bonchev–Trinajstić information content (AvgIpc) is 2.46. The van der Waals surface area contributed by atoms with Crippen molar-refractivity contribution in [2.45, 2.75) is 91.7 Å². The van der Waals surface area contributed by atoms with Crippen molar-refractivity contribution in [2.24, 2.45) is 5.41 Å². The highest BCUT2D eigenvalue weighted by molar-refractivity contribution is 8.01. The van der Waals surface area contributed by atoms with Crippen molar-refractivity contribution >= 4 is 23.6 Å². The van der Waals surface area contributed by atoms with Crippen LogP contribution in [-0.4, -0.2) is 45.5 Å². The maximum atomic E-state index is 12.5. The van der Waals surface area contributed by atoms with Gasteiger partial charge in [0.15, 0.2) is 0 Å². The van der Waals surface area contributed by atoms with E-state index in [1.165, 1.54) is 19.6 Å². The molecule has 0 bridgehead atoms. The van der Waals surface area contributed by atoms with Gasteiger partial charge in [0, 0.05) is 6.04 Å². The molecule has 0 amide bonds. The van der Waals surface area contributed by atoms with E-state index >= 15 is 0 Å². The van der Waals surface area contributed by atoms with Gasteiger partial charge in [-0.3, -0.25) is 0 Å². The van der Waals surface area contributed by atoms with E-state index in [-0.39, 0.29) is 11.5 Å². The van der Waals surface area contributed by atoms with Crippen molar-refractivity contribution in [3.63, 3.8) is 0 Å². The van der Waals surface area contributed by atoms with Crippen LogP contribution < -0.4 is 4.72 Å². The number of thiol groups is 1. The van der Waals surface area contributed by atoms with Crippen molar-refractivity contribution in [2.75, 3.05) is 26.7 Å². The number of hydrogen-bond acceptors (Lipinski definition) is 2. The second-order valence-corrected chi connectivity index (χ2v) is 11.3. The Morgan fingerprint density at radius 3 is 1.96 bits per heavy atom. The lowest BCUT2D eigenvalue weighted by Crippen LogP contribution is -2.45. The second kappa shape index (κ2) is 11.9. The summed E-state index contributed by atoms with van der Waals surface area (Å²) in [7, 11) is 1.18. The number of nitrogens with zero attached hydrogens (tertiary/aromatic N) is 1. The van der Waals surface area contributed by atoms with E-state index in [0.29, 0.717) is 0 Å². The van der Waals surface area contributed by atoms with Gasteiger partial charge in [-0.2, -0.15) is 12.6 Å². The van der Waals surface area contributed by atoms with Crippen LogP contribution in [0, 0.1) is 5.41 Å². The van der Waals surface area contributed by atoms with Gasteiger partial charge < -0.3 is 4.48 Å². The van der Waals surface area contributed by atoms with Crippen LogP contribution in [0.2, 0.25) is 0 Å². The summed E-state index contributed by atoms with van der Waals surface area (Å²) in [5.41, 5.74) is 0.124. The van der Waals surface area contributed by atoms with Crippen molar-refractivity contribution in [3.05, 3.63) is 0 Å². The van der Waals surface area contributed by atoms with Gasteiger partial charge in [0.2, 0.25) is 0 Å². The summed E-state index contributed by atoms with van der Waals surface area (Å²) in [4.78, 5) is 0. The highest BCUT2D eigenvalue weighted by atomic mass is 32.2. The van der Waals surface area contributed by atoms with E-state index in [1.807, 2.05) is 20.8 Å². The Bertz CT molecular complexity index is 348. The first kappa shape index (κ1) is 26.6. The minimum atomic E-state index is -1.13. The van der Waals surface area contributed by atoms with Crippen LogP contribution in [0.1, 0.15) is 81.6 Å². The molecule has 0 spiro atoms. The van der Waals surface area contributed by atoms with Crippen LogP contribution in [0.5, 0.6) is 0 Å². The van der Waals surface area contributed by atoms with Crippen LogP contribution in [0.4, 0.5) is 0 Å². The summed E-state index contributed by atoms with van der Waals surface area (Å²) in [5, 5.41) is 0. The summed E-state index contributed by atoms with van der Waals surface area (Å²) in [6.07, 6.45) is 3.03. The molecule has 0 aromatic heterocycles. The molecule has 0 aliphatic carbocycles. The highest BCUT2D eigenvalue weighted by Gasteiger charge is 2.33. The zero-order valence-electron chi connectivity index (χ0n) is 18.0. The third-order valence-corrected chi connectivity index (χ3v) is 6.64. The second-order valence-electron chi connectivity index (χ2n) is 8.32. The number of quaternary nitrogens is 1. The summed E-state index contributed by atoms with van der Waals surface area (Å²) < 4.78 is 16.4. The van der Waals surface area contributed by atoms with E-state index in [0.717, 1.165) is 23.7 Å². The van der Waals surface area contributed by atoms with E-state index in [2.05, 4.69) is 65.9 Å². The Morgan fingerprint density at radius 1 is 1.12 bits per heavy atom. The molecule has 0 aliphatic rings. The monoisotopic (exact) mass is 381 g/mol. The first-order valence-electron chi connectivity index (χ1n) is 9.59. The number of rotatable bonds is 10. The molecule has 0 rings (SSSR count). The van der Waals surface area contributed by atoms with Gasteiger partial charge >= 0.3 is 0 Å². The molecule has 0 aromatic carbocycles. The molecular formula is C19H45N2OS2+. The zero-order chi connectivity index (χ0) is 19.6. The Kier molecular flexibility index (Phi) is 13.2. The van der Waals surface area contributed by atoms with Crippen LogP contribution in [0.15, 0.2) is 0 Å². The molecule has 0 fully saturated rings. The molecule has 0 saturated carbocycles. The van der Waals surface area contributed by atoms with Gasteiger partial charge in [-0.25, -0.2) is 8.93 Å². The van der Waals surface area contributed by atoms with Gasteiger partial charge in [-0.1, -0.05) is 34.6 Å². The lowest BCUT2D eigenvalue weighted by atomic mass is 9.90.